The maximum atomic E-state index is 2.49. The van der Waals surface area contributed by atoms with E-state index in [1.165, 1.54) is 11.1 Å². The van der Waals surface area contributed by atoms with Crippen LogP contribution < -0.4 is 0 Å². The average Bonchev–Trinajstić information content (AvgIpc) is 2.72. The molecular weight excluding hydrogens is 196 g/mol. The predicted octanol–water partition coefficient (Wildman–Crippen LogP) is 3.93. The first kappa shape index (κ1) is 9.17. The van der Waals surface area contributed by atoms with Gasteiger partial charge in [0.25, 0.3) is 0 Å². The van der Waals surface area contributed by atoms with Gasteiger partial charge in [0.05, 0.1) is 8.07 Å². The van der Waals surface area contributed by atoms with Gasteiger partial charge in [0, 0.05) is 5.54 Å². The van der Waals surface area contributed by atoms with Gasteiger partial charge in [-0.2, -0.15) is 0 Å². The molecule has 0 nitrogen and oxygen atoms in total. The third kappa shape index (κ3) is 1.07. The summed E-state index contributed by atoms with van der Waals surface area (Å²) in [5.74, 6) is 0. The van der Waals surface area contributed by atoms with Gasteiger partial charge in [-0.15, -0.1) is 0 Å². The van der Waals surface area contributed by atoms with Crippen LogP contribution in [-0.2, 0) is 0 Å². The second-order valence-corrected chi connectivity index (χ2v) is 9.86. The van der Waals surface area contributed by atoms with E-state index in [0.717, 1.165) is 0 Å². The number of hydrogen-bond donors (Lipinski definition) is 0. The van der Waals surface area contributed by atoms with Gasteiger partial charge in [0.15, 0.2) is 0 Å². The Morgan fingerprint density at radius 2 is 1.93 bits per heavy atom. The van der Waals surface area contributed by atoms with Crippen LogP contribution in [0.5, 0.6) is 0 Å². The van der Waals surface area contributed by atoms with Crippen molar-refractivity contribution < 1.29 is 0 Å². The van der Waals surface area contributed by atoms with Crippen molar-refractivity contribution in [3.05, 3.63) is 58.4 Å². The number of allylic oxidation sites excluding steroid dienone is 10. The molecule has 0 saturated carbocycles. The van der Waals surface area contributed by atoms with Crippen molar-refractivity contribution >= 4 is 8.07 Å². The minimum atomic E-state index is -1.28. The van der Waals surface area contributed by atoms with Gasteiger partial charge in [-0.25, -0.2) is 0 Å². The largest absolute Gasteiger partial charge is 0.0927 e. The number of hydrogen-bond acceptors (Lipinski definition) is 0. The number of rotatable bonds is 0. The van der Waals surface area contributed by atoms with Crippen LogP contribution in [0.2, 0.25) is 18.6 Å². The molecule has 0 saturated heterocycles. The number of fused-ring (bicyclic) bond motifs is 2. The topological polar surface area (TPSA) is 0 Å². The standard InChI is InChI=1S/C14H16Si/c1-10-7-8-12-11-5-4-6-13(11)15(2,3)14(12)9-10/h4-9,14H,1-3H3. The van der Waals surface area contributed by atoms with E-state index in [1.54, 1.807) is 10.8 Å². The predicted molar refractivity (Wildman–Crippen MR) is 68.4 cm³/mol. The highest BCUT2D eigenvalue weighted by Crippen LogP contribution is 2.52. The second-order valence-electron chi connectivity index (χ2n) is 5.25. The van der Waals surface area contributed by atoms with E-state index in [2.05, 4.69) is 56.5 Å². The summed E-state index contributed by atoms with van der Waals surface area (Å²) in [5.41, 5.74) is 5.23. The van der Waals surface area contributed by atoms with E-state index in [4.69, 9.17) is 0 Å². The van der Waals surface area contributed by atoms with Crippen LogP contribution in [0.15, 0.2) is 58.4 Å². The van der Waals surface area contributed by atoms with Crippen LogP contribution >= 0.6 is 0 Å². The molecule has 0 spiro atoms. The Labute approximate surface area is 92.4 Å². The second kappa shape index (κ2) is 2.73. The fourth-order valence-electron chi connectivity index (χ4n) is 2.99. The Hall–Kier alpha value is -1.08. The van der Waals surface area contributed by atoms with E-state index in [-0.39, 0.29) is 0 Å². The van der Waals surface area contributed by atoms with E-state index in [1.807, 2.05) is 0 Å². The zero-order valence-electron chi connectivity index (χ0n) is 9.54. The van der Waals surface area contributed by atoms with Gasteiger partial charge in [0.1, 0.15) is 0 Å². The van der Waals surface area contributed by atoms with Gasteiger partial charge < -0.3 is 0 Å². The monoisotopic (exact) mass is 212 g/mol. The van der Waals surface area contributed by atoms with Gasteiger partial charge >= 0.3 is 0 Å². The Balaban J connectivity index is 2.23. The molecule has 0 amide bonds. The SMILES string of the molecule is CC1=CC2C(=C3C=CC=C3[Si]2(C)C)C=C1. The van der Waals surface area contributed by atoms with Crippen molar-refractivity contribution in [3.8, 4) is 0 Å². The Bertz CT molecular complexity index is 481. The molecule has 1 heterocycles. The molecule has 0 aromatic rings. The van der Waals surface area contributed by atoms with E-state index in [0.29, 0.717) is 5.54 Å². The third-order valence-electron chi connectivity index (χ3n) is 3.89. The molecule has 3 aliphatic rings. The summed E-state index contributed by atoms with van der Waals surface area (Å²) in [5, 5.41) is 1.65. The average molecular weight is 212 g/mol. The minimum Gasteiger partial charge on any atom is -0.0764 e. The van der Waals surface area contributed by atoms with Crippen molar-refractivity contribution in [2.75, 3.05) is 0 Å². The minimum absolute atomic E-state index is 0.716. The Morgan fingerprint density at radius 3 is 2.73 bits per heavy atom. The Morgan fingerprint density at radius 1 is 1.13 bits per heavy atom. The summed E-state index contributed by atoms with van der Waals surface area (Å²) < 4.78 is 0. The van der Waals surface area contributed by atoms with Crippen LogP contribution in [0, 0.1) is 0 Å². The maximum Gasteiger partial charge on any atom is 0.0927 e. The van der Waals surface area contributed by atoms with Crippen molar-refractivity contribution in [1.82, 2.24) is 0 Å². The molecule has 2 aliphatic carbocycles. The summed E-state index contributed by atoms with van der Waals surface area (Å²) in [6.45, 7) is 7.19. The fraction of sp³-hybridized carbons (Fsp3) is 0.286. The summed E-state index contributed by atoms with van der Waals surface area (Å²) >= 11 is 0. The van der Waals surface area contributed by atoms with Gasteiger partial charge in [-0.1, -0.05) is 60.3 Å². The third-order valence-corrected chi connectivity index (χ3v) is 7.75. The highest BCUT2D eigenvalue weighted by Gasteiger charge is 2.44. The van der Waals surface area contributed by atoms with Crippen LogP contribution in [0.3, 0.4) is 0 Å². The molecule has 0 N–H and O–H groups in total. The smallest absolute Gasteiger partial charge is 0.0764 e. The molecule has 0 radical (unpaired) electrons. The zero-order chi connectivity index (χ0) is 10.6. The molecule has 0 fully saturated rings. The normalized spacial score (nSPS) is 30.2. The van der Waals surface area contributed by atoms with E-state index in [9.17, 15) is 0 Å². The summed E-state index contributed by atoms with van der Waals surface area (Å²) in [6, 6.07) is 0. The first-order valence-corrected chi connectivity index (χ1v) is 8.68. The Kier molecular flexibility index (Phi) is 1.67. The van der Waals surface area contributed by atoms with Crippen molar-refractivity contribution in [2.45, 2.75) is 25.6 Å². The van der Waals surface area contributed by atoms with E-state index < -0.39 is 8.07 Å². The lowest BCUT2D eigenvalue weighted by Gasteiger charge is -2.27. The van der Waals surface area contributed by atoms with Crippen LogP contribution in [0.4, 0.5) is 0 Å². The lowest BCUT2D eigenvalue weighted by Crippen LogP contribution is -2.31. The molecule has 1 atom stereocenters. The summed E-state index contributed by atoms with van der Waals surface area (Å²) in [7, 11) is -1.28. The highest BCUT2D eigenvalue weighted by atomic mass is 28.3. The maximum absolute atomic E-state index is 2.49. The lowest BCUT2D eigenvalue weighted by atomic mass is 9.99. The molecular formula is C14H16Si. The molecule has 1 heteroatoms. The van der Waals surface area contributed by atoms with Crippen LogP contribution in [0.1, 0.15) is 6.92 Å². The quantitative estimate of drug-likeness (QED) is 0.534. The fourth-order valence-corrected chi connectivity index (χ4v) is 6.48. The molecule has 0 bridgehead atoms. The zero-order valence-corrected chi connectivity index (χ0v) is 10.5. The molecule has 0 aromatic carbocycles. The molecule has 15 heavy (non-hydrogen) atoms. The van der Waals surface area contributed by atoms with Gasteiger partial charge in [-0.3, -0.25) is 0 Å². The highest BCUT2D eigenvalue weighted by molar-refractivity contribution is 6.89. The molecule has 1 aliphatic heterocycles. The first-order valence-electron chi connectivity index (χ1n) is 5.60. The van der Waals surface area contributed by atoms with Crippen LogP contribution in [-0.4, -0.2) is 8.07 Å². The molecule has 0 aromatic heterocycles. The summed E-state index contributed by atoms with van der Waals surface area (Å²) in [4.78, 5) is 0. The van der Waals surface area contributed by atoms with Gasteiger partial charge in [0.2, 0.25) is 0 Å². The molecule has 1 unspecified atom stereocenters. The van der Waals surface area contributed by atoms with Crippen molar-refractivity contribution in [3.63, 3.8) is 0 Å². The van der Waals surface area contributed by atoms with Crippen molar-refractivity contribution in [2.24, 2.45) is 0 Å². The van der Waals surface area contributed by atoms with Crippen LogP contribution in [0.25, 0.3) is 0 Å². The lowest BCUT2D eigenvalue weighted by molar-refractivity contribution is 1.17. The molecule has 76 valence electrons. The van der Waals surface area contributed by atoms with Gasteiger partial charge in [-0.05, 0) is 18.1 Å². The first-order chi connectivity index (χ1) is 7.10. The van der Waals surface area contributed by atoms with E-state index >= 15 is 0 Å². The summed E-state index contributed by atoms with van der Waals surface area (Å²) in [6.07, 6.45) is 13.9. The van der Waals surface area contributed by atoms with Crippen molar-refractivity contribution in [1.29, 1.82) is 0 Å². The molecule has 3 rings (SSSR count).